The Kier molecular flexibility index (Phi) is 6.48. The summed E-state index contributed by atoms with van der Waals surface area (Å²) in [6.07, 6.45) is 1.65. The number of carboxylic acid groups (broad SMARTS) is 1. The van der Waals surface area contributed by atoms with Crippen LogP contribution in [0.4, 0.5) is 4.39 Å². The van der Waals surface area contributed by atoms with E-state index in [2.05, 4.69) is 15.9 Å². The molecule has 0 aliphatic carbocycles. The molecule has 0 spiro atoms. The molecule has 2 aromatic rings. The summed E-state index contributed by atoms with van der Waals surface area (Å²) < 4.78 is 19.6. The number of halogens is 2. The van der Waals surface area contributed by atoms with Crippen molar-refractivity contribution in [1.82, 2.24) is 4.90 Å². The van der Waals surface area contributed by atoms with Gasteiger partial charge in [0.15, 0.2) is 0 Å². The first-order valence-corrected chi connectivity index (χ1v) is 9.99. The third kappa shape index (κ3) is 4.98. The van der Waals surface area contributed by atoms with Gasteiger partial charge < -0.3 is 9.84 Å². The Labute approximate surface area is 178 Å². The minimum Gasteiger partial charge on any atom is -0.488 e. The van der Waals surface area contributed by atoms with Gasteiger partial charge in [-0.3, -0.25) is 14.5 Å². The highest BCUT2D eigenvalue weighted by atomic mass is 79.9. The lowest BCUT2D eigenvalue weighted by molar-refractivity contribution is -0.140. The van der Waals surface area contributed by atoms with Crippen LogP contribution in [0, 0.1) is 5.82 Å². The van der Waals surface area contributed by atoms with Crippen LogP contribution in [0.25, 0.3) is 6.08 Å². The number of nitrogens with zero attached hydrogens (tertiary/aromatic N) is 1. The summed E-state index contributed by atoms with van der Waals surface area (Å²) in [7, 11) is 0. The molecule has 1 N–H and O–H groups in total. The Morgan fingerprint density at radius 3 is 2.64 bits per heavy atom. The highest BCUT2D eigenvalue weighted by molar-refractivity contribution is 9.10. The summed E-state index contributed by atoms with van der Waals surface area (Å²) in [6.45, 7) is -0.173. The molecule has 3 rings (SSSR count). The SMILES string of the molecule is O=C(O)CN1C(=O)/C(=C\c2ccc(OCc3ccc(F)cc3)c(Br)c2)SC1=S. The smallest absolute Gasteiger partial charge is 0.323 e. The van der Waals surface area contributed by atoms with Crippen molar-refractivity contribution in [3.05, 3.63) is 68.8 Å². The average Bonchev–Trinajstić information content (AvgIpc) is 2.89. The van der Waals surface area contributed by atoms with Gasteiger partial charge in [-0.2, -0.15) is 0 Å². The minimum atomic E-state index is -1.12. The monoisotopic (exact) mass is 481 g/mol. The van der Waals surface area contributed by atoms with Crippen molar-refractivity contribution in [3.63, 3.8) is 0 Å². The van der Waals surface area contributed by atoms with E-state index in [9.17, 15) is 14.0 Å². The fraction of sp³-hybridized carbons (Fsp3) is 0.105. The Morgan fingerprint density at radius 2 is 2.00 bits per heavy atom. The number of hydrogen-bond acceptors (Lipinski definition) is 5. The van der Waals surface area contributed by atoms with Gasteiger partial charge in [0.25, 0.3) is 5.91 Å². The van der Waals surface area contributed by atoms with Crippen molar-refractivity contribution in [2.24, 2.45) is 0 Å². The predicted octanol–water partition coefficient (Wildman–Crippen LogP) is 4.45. The van der Waals surface area contributed by atoms with E-state index < -0.39 is 18.4 Å². The van der Waals surface area contributed by atoms with Crippen LogP contribution in [0.3, 0.4) is 0 Å². The van der Waals surface area contributed by atoms with E-state index in [0.29, 0.717) is 15.1 Å². The third-order valence-corrected chi connectivity index (χ3v) is 5.73. The molecule has 0 aromatic heterocycles. The van der Waals surface area contributed by atoms with Gasteiger partial charge in [-0.25, -0.2) is 4.39 Å². The van der Waals surface area contributed by atoms with Crippen molar-refractivity contribution >= 4 is 62.2 Å². The maximum absolute atomic E-state index is 12.9. The molecule has 0 radical (unpaired) electrons. The van der Waals surface area contributed by atoms with E-state index in [-0.39, 0.29) is 16.7 Å². The van der Waals surface area contributed by atoms with Gasteiger partial charge in [0.05, 0.1) is 9.38 Å². The van der Waals surface area contributed by atoms with Crippen molar-refractivity contribution in [2.45, 2.75) is 6.61 Å². The van der Waals surface area contributed by atoms with Crippen LogP contribution in [-0.4, -0.2) is 32.7 Å². The number of amides is 1. The highest BCUT2D eigenvalue weighted by Crippen LogP contribution is 2.34. The summed E-state index contributed by atoms with van der Waals surface area (Å²) >= 11 is 9.58. The standard InChI is InChI=1S/C19H13BrFNO4S2/c20-14-7-12(8-16-18(25)22(9-17(23)24)19(27)28-16)3-6-15(14)26-10-11-1-4-13(21)5-2-11/h1-8H,9-10H2,(H,23,24)/b16-8+. The van der Waals surface area contributed by atoms with E-state index in [1.807, 2.05) is 0 Å². The van der Waals surface area contributed by atoms with E-state index in [1.54, 1.807) is 36.4 Å². The fourth-order valence-electron chi connectivity index (χ4n) is 2.39. The van der Waals surface area contributed by atoms with Crippen molar-refractivity contribution in [1.29, 1.82) is 0 Å². The quantitative estimate of drug-likeness (QED) is 0.485. The maximum Gasteiger partial charge on any atom is 0.323 e. The van der Waals surface area contributed by atoms with Crippen molar-refractivity contribution < 1.29 is 23.8 Å². The minimum absolute atomic E-state index is 0.219. The predicted molar refractivity (Wildman–Crippen MR) is 112 cm³/mol. The number of thioether (sulfide) groups is 1. The Balaban J connectivity index is 1.71. The number of carbonyl (C=O) groups is 2. The molecule has 1 aliphatic heterocycles. The summed E-state index contributed by atoms with van der Waals surface area (Å²) in [6, 6.07) is 11.3. The largest absolute Gasteiger partial charge is 0.488 e. The lowest BCUT2D eigenvalue weighted by Gasteiger charge is -2.10. The van der Waals surface area contributed by atoms with Gasteiger partial charge in [0.1, 0.15) is 29.0 Å². The van der Waals surface area contributed by atoms with Crippen LogP contribution in [0.1, 0.15) is 11.1 Å². The van der Waals surface area contributed by atoms with E-state index in [4.69, 9.17) is 22.1 Å². The van der Waals surface area contributed by atoms with Crippen molar-refractivity contribution in [3.8, 4) is 5.75 Å². The van der Waals surface area contributed by atoms with Crippen LogP contribution in [0.2, 0.25) is 0 Å². The molecular formula is C19H13BrFNO4S2. The molecule has 2 aromatic carbocycles. The topological polar surface area (TPSA) is 66.8 Å². The van der Waals surface area contributed by atoms with Crippen LogP contribution in [-0.2, 0) is 16.2 Å². The molecule has 1 aliphatic rings. The molecule has 0 unspecified atom stereocenters. The van der Waals surface area contributed by atoms with Crippen LogP contribution in [0.5, 0.6) is 5.75 Å². The number of thiocarbonyl (C=S) groups is 1. The van der Waals surface area contributed by atoms with Gasteiger partial charge in [-0.1, -0.05) is 42.2 Å². The second-order valence-electron chi connectivity index (χ2n) is 5.77. The Morgan fingerprint density at radius 1 is 1.29 bits per heavy atom. The summed E-state index contributed by atoms with van der Waals surface area (Å²) in [5, 5.41) is 8.88. The molecule has 1 saturated heterocycles. The molecule has 5 nitrogen and oxygen atoms in total. The van der Waals surface area contributed by atoms with Crippen LogP contribution < -0.4 is 4.74 Å². The highest BCUT2D eigenvalue weighted by Gasteiger charge is 2.33. The molecule has 9 heteroatoms. The van der Waals surface area contributed by atoms with E-state index in [1.165, 1.54) is 12.1 Å². The molecule has 0 bridgehead atoms. The zero-order valence-corrected chi connectivity index (χ0v) is 17.4. The van der Waals surface area contributed by atoms with E-state index in [0.717, 1.165) is 27.8 Å². The summed E-state index contributed by atoms with van der Waals surface area (Å²) in [5.74, 6) is -1.25. The summed E-state index contributed by atoms with van der Waals surface area (Å²) in [5.41, 5.74) is 1.57. The zero-order valence-electron chi connectivity index (χ0n) is 14.2. The Bertz CT molecular complexity index is 978. The second-order valence-corrected chi connectivity index (χ2v) is 8.30. The van der Waals surface area contributed by atoms with Gasteiger partial charge in [0, 0.05) is 0 Å². The average molecular weight is 482 g/mol. The van der Waals surface area contributed by atoms with Gasteiger partial charge in [0.2, 0.25) is 0 Å². The van der Waals surface area contributed by atoms with E-state index >= 15 is 0 Å². The fourth-order valence-corrected chi connectivity index (χ4v) is 4.15. The van der Waals surface area contributed by atoms with Gasteiger partial charge in [-0.15, -0.1) is 0 Å². The molecular weight excluding hydrogens is 469 g/mol. The van der Waals surface area contributed by atoms with Gasteiger partial charge >= 0.3 is 5.97 Å². The number of ether oxygens (including phenoxy) is 1. The molecule has 1 heterocycles. The molecule has 0 saturated carbocycles. The molecule has 1 fully saturated rings. The van der Waals surface area contributed by atoms with Crippen molar-refractivity contribution in [2.75, 3.05) is 6.54 Å². The molecule has 144 valence electrons. The molecule has 28 heavy (non-hydrogen) atoms. The lowest BCUT2D eigenvalue weighted by Crippen LogP contribution is -2.33. The number of rotatable bonds is 6. The van der Waals surface area contributed by atoms with Gasteiger partial charge in [-0.05, 0) is 57.4 Å². The summed E-state index contributed by atoms with van der Waals surface area (Å²) in [4.78, 5) is 24.6. The first-order chi connectivity index (χ1) is 13.3. The normalized spacial score (nSPS) is 15.4. The Hall–Kier alpha value is -2.23. The first kappa shape index (κ1) is 20.5. The first-order valence-electron chi connectivity index (χ1n) is 7.97. The number of benzene rings is 2. The van der Waals surface area contributed by atoms with Crippen LogP contribution in [0.15, 0.2) is 51.8 Å². The molecule has 1 amide bonds. The number of carbonyl (C=O) groups excluding carboxylic acids is 1. The maximum atomic E-state index is 12.9. The molecule has 0 atom stereocenters. The zero-order chi connectivity index (χ0) is 20.3. The number of hydrogen-bond donors (Lipinski definition) is 1. The lowest BCUT2D eigenvalue weighted by atomic mass is 10.2. The second kappa shape index (κ2) is 8.85. The third-order valence-electron chi connectivity index (χ3n) is 3.73. The number of aliphatic carboxylic acids is 1. The number of carboxylic acids is 1. The van der Waals surface area contributed by atoms with Crippen LogP contribution >= 0.6 is 39.9 Å².